The summed E-state index contributed by atoms with van der Waals surface area (Å²) in [5.74, 6) is 1.70. The van der Waals surface area contributed by atoms with Crippen LogP contribution in [0.3, 0.4) is 0 Å². The molecule has 1 aromatic rings. The van der Waals surface area contributed by atoms with E-state index in [0.29, 0.717) is 12.3 Å². The van der Waals surface area contributed by atoms with Crippen molar-refractivity contribution in [2.75, 3.05) is 7.11 Å². The zero-order valence-corrected chi connectivity index (χ0v) is 13.1. The van der Waals surface area contributed by atoms with Crippen LogP contribution in [0.2, 0.25) is 0 Å². The van der Waals surface area contributed by atoms with E-state index in [4.69, 9.17) is 4.74 Å². The summed E-state index contributed by atoms with van der Waals surface area (Å²) in [6.07, 6.45) is 2.68. The van der Waals surface area contributed by atoms with Crippen LogP contribution in [-0.4, -0.2) is 12.9 Å². The van der Waals surface area contributed by atoms with Gasteiger partial charge in [0.05, 0.1) is 7.11 Å². The molecule has 19 heavy (non-hydrogen) atoms. The lowest BCUT2D eigenvalue weighted by molar-refractivity contribution is -0.117. The predicted octanol–water partition coefficient (Wildman–Crippen LogP) is 4.48. The van der Waals surface area contributed by atoms with Crippen LogP contribution in [-0.2, 0) is 4.79 Å². The molecule has 0 aliphatic heterocycles. The number of hydrogen-bond donors (Lipinski definition) is 0. The average molecular weight is 262 g/mol. The van der Waals surface area contributed by atoms with E-state index in [-0.39, 0.29) is 5.78 Å². The van der Waals surface area contributed by atoms with E-state index in [9.17, 15) is 4.79 Å². The molecule has 2 nitrogen and oxygen atoms in total. The van der Waals surface area contributed by atoms with Crippen LogP contribution in [0.15, 0.2) is 6.07 Å². The lowest BCUT2D eigenvalue weighted by Gasteiger charge is -2.23. The molecule has 0 N–H and O–H groups in total. The van der Waals surface area contributed by atoms with E-state index >= 15 is 0 Å². The van der Waals surface area contributed by atoms with E-state index in [0.717, 1.165) is 18.6 Å². The lowest BCUT2D eigenvalue weighted by atomic mass is 9.83. The molecule has 0 fully saturated rings. The van der Waals surface area contributed by atoms with E-state index in [1.165, 1.54) is 22.3 Å². The number of benzene rings is 1. The molecule has 0 radical (unpaired) electrons. The summed E-state index contributed by atoms with van der Waals surface area (Å²) in [4.78, 5) is 11.2. The molecule has 1 aromatic carbocycles. The molecule has 0 saturated carbocycles. The van der Waals surface area contributed by atoms with Crippen molar-refractivity contribution in [3.63, 3.8) is 0 Å². The maximum atomic E-state index is 11.2. The first-order valence-corrected chi connectivity index (χ1v) is 7.06. The molecule has 0 heterocycles. The minimum absolute atomic E-state index is 0.277. The van der Waals surface area contributed by atoms with Crippen molar-refractivity contribution in [2.24, 2.45) is 0 Å². The number of Topliss-reactive ketones (excluding diaryl/α,β-unsaturated/α-hetero) is 1. The van der Waals surface area contributed by atoms with Crippen LogP contribution in [0.25, 0.3) is 0 Å². The summed E-state index contributed by atoms with van der Waals surface area (Å²) in [7, 11) is 1.72. The van der Waals surface area contributed by atoms with Gasteiger partial charge in [-0.05, 0) is 74.8 Å². The van der Waals surface area contributed by atoms with Gasteiger partial charge in [0, 0.05) is 6.42 Å². The zero-order valence-electron chi connectivity index (χ0n) is 13.1. The predicted molar refractivity (Wildman–Crippen MR) is 80.2 cm³/mol. The third-order valence-corrected chi connectivity index (χ3v) is 4.07. The third-order valence-electron chi connectivity index (χ3n) is 4.07. The van der Waals surface area contributed by atoms with Gasteiger partial charge in [-0.15, -0.1) is 0 Å². The van der Waals surface area contributed by atoms with Gasteiger partial charge in [-0.25, -0.2) is 0 Å². The Morgan fingerprint density at radius 1 is 1.26 bits per heavy atom. The summed E-state index contributed by atoms with van der Waals surface area (Å²) in [6, 6.07) is 2.12. The Labute approximate surface area is 117 Å². The number of aryl methyl sites for hydroxylation is 1. The number of carbonyl (C=O) groups excluding carboxylic acids is 1. The van der Waals surface area contributed by atoms with Crippen molar-refractivity contribution < 1.29 is 9.53 Å². The third kappa shape index (κ3) is 3.59. The standard InChI is InChI=1S/C17H26O2/c1-7-15(9-8-12(3)18)17-11(2)10-16(19-6)13(4)14(17)5/h10,15H,7-9H2,1-6H3. The molecular formula is C17H26O2. The van der Waals surface area contributed by atoms with Crippen LogP contribution in [0.4, 0.5) is 0 Å². The van der Waals surface area contributed by atoms with Crippen molar-refractivity contribution in [3.05, 3.63) is 28.3 Å². The number of methoxy groups -OCH3 is 1. The second-order valence-electron chi connectivity index (χ2n) is 5.41. The molecular weight excluding hydrogens is 236 g/mol. The van der Waals surface area contributed by atoms with Crippen LogP contribution in [0.1, 0.15) is 61.3 Å². The van der Waals surface area contributed by atoms with Gasteiger partial charge in [-0.3, -0.25) is 0 Å². The van der Waals surface area contributed by atoms with E-state index in [1.54, 1.807) is 14.0 Å². The number of ether oxygens (including phenoxy) is 1. The molecule has 0 aliphatic carbocycles. The first-order valence-electron chi connectivity index (χ1n) is 7.06. The maximum absolute atomic E-state index is 11.2. The van der Waals surface area contributed by atoms with Crippen LogP contribution < -0.4 is 4.74 Å². The van der Waals surface area contributed by atoms with Crippen molar-refractivity contribution in [2.45, 2.75) is 59.8 Å². The summed E-state index contributed by atoms with van der Waals surface area (Å²) < 4.78 is 5.42. The fraction of sp³-hybridized carbons (Fsp3) is 0.588. The van der Waals surface area contributed by atoms with Gasteiger partial charge in [-0.2, -0.15) is 0 Å². The number of ketones is 1. The molecule has 0 bridgehead atoms. The van der Waals surface area contributed by atoms with Gasteiger partial charge in [0.15, 0.2) is 0 Å². The zero-order chi connectivity index (χ0) is 14.6. The highest BCUT2D eigenvalue weighted by molar-refractivity contribution is 5.75. The highest BCUT2D eigenvalue weighted by atomic mass is 16.5. The van der Waals surface area contributed by atoms with Crippen molar-refractivity contribution in [3.8, 4) is 5.75 Å². The fourth-order valence-corrected chi connectivity index (χ4v) is 2.84. The summed E-state index contributed by atoms with van der Waals surface area (Å²) in [5, 5.41) is 0. The maximum Gasteiger partial charge on any atom is 0.129 e. The molecule has 1 unspecified atom stereocenters. The Morgan fingerprint density at radius 3 is 2.37 bits per heavy atom. The summed E-state index contributed by atoms with van der Waals surface area (Å²) in [6.45, 7) is 10.3. The molecule has 0 saturated heterocycles. The quantitative estimate of drug-likeness (QED) is 0.755. The Kier molecular flexibility index (Phi) is 5.59. The Bertz CT molecular complexity index is 461. The van der Waals surface area contributed by atoms with Gasteiger partial charge in [0.25, 0.3) is 0 Å². The SMILES string of the molecule is CCC(CCC(C)=O)c1c(C)cc(OC)c(C)c1C. The Morgan fingerprint density at radius 2 is 1.89 bits per heavy atom. The molecule has 2 heteroatoms. The Hall–Kier alpha value is -1.31. The van der Waals surface area contributed by atoms with Crippen LogP contribution in [0, 0.1) is 20.8 Å². The summed E-state index contributed by atoms with van der Waals surface area (Å²) >= 11 is 0. The highest BCUT2D eigenvalue weighted by Crippen LogP contribution is 2.35. The molecule has 106 valence electrons. The van der Waals surface area contributed by atoms with Gasteiger partial charge in [-0.1, -0.05) is 6.92 Å². The monoisotopic (exact) mass is 262 g/mol. The molecule has 1 rings (SSSR count). The smallest absolute Gasteiger partial charge is 0.129 e. The van der Waals surface area contributed by atoms with Gasteiger partial charge < -0.3 is 9.53 Å². The van der Waals surface area contributed by atoms with Gasteiger partial charge in [0.1, 0.15) is 11.5 Å². The first-order chi connectivity index (χ1) is 8.92. The molecule has 0 spiro atoms. The lowest BCUT2D eigenvalue weighted by Crippen LogP contribution is -2.07. The molecule has 1 atom stereocenters. The largest absolute Gasteiger partial charge is 0.496 e. The summed E-state index contributed by atoms with van der Waals surface area (Å²) in [5.41, 5.74) is 5.20. The van der Waals surface area contributed by atoms with E-state index < -0.39 is 0 Å². The Balaban J connectivity index is 3.17. The minimum atomic E-state index is 0.277. The first kappa shape index (κ1) is 15.7. The number of carbonyl (C=O) groups is 1. The van der Waals surface area contributed by atoms with Crippen LogP contribution >= 0.6 is 0 Å². The fourth-order valence-electron chi connectivity index (χ4n) is 2.84. The molecule has 0 aliphatic rings. The molecule has 0 amide bonds. The van der Waals surface area contributed by atoms with Gasteiger partial charge >= 0.3 is 0 Å². The second-order valence-corrected chi connectivity index (χ2v) is 5.41. The molecule has 0 aromatic heterocycles. The van der Waals surface area contributed by atoms with Gasteiger partial charge in [0.2, 0.25) is 0 Å². The topological polar surface area (TPSA) is 26.3 Å². The van der Waals surface area contributed by atoms with Crippen molar-refractivity contribution in [1.29, 1.82) is 0 Å². The highest BCUT2D eigenvalue weighted by Gasteiger charge is 2.18. The normalized spacial score (nSPS) is 12.3. The number of hydrogen-bond acceptors (Lipinski definition) is 2. The van der Waals surface area contributed by atoms with E-state index in [1.807, 2.05) is 0 Å². The van der Waals surface area contributed by atoms with E-state index in [2.05, 4.69) is 33.8 Å². The van der Waals surface area contributed by atoms with Crippen molar-refractivity contribution in [1.82, 2.24) is 0 Å². The second kappa shape index (κ2) is 6.74. The van der Waals surface area contributed by atoms with Crippen LogP contribution in [0.5, 0.6) is 5.75 Å². The van der Waals surface area contributed by atoms with Crippen molar-refractivity contribution >= 4 is 5.78 Å². The number of rotatable bonds is 6. The minimum Gasteiger partial charge on any atom is -0.496 e. The average Bonchev–Trinajstić information content (AvgIpc) is 2.37.